The third-order valence-corrected chi connectivity index (χ3v) is 2.81. The first-order chi connectivity index (χ1) is 4.84. The Morgan fingerprint density at radius 3 is 3.10 bits per heavy atom. The summed E-state index contributed by atoms with van der Waals surface area (Å²) in [5.74, 6) is 0.0746. The van der Waals surface area contributed by atoms with E-state index in [2.05, 4.69) is 0 Å². The van der Waals surface area contributed by atoms with Crippen LogP contribution in [0, 0.1) is 0 Å². The zero-order chi connectivity index (χ0) is 7.40. The Morgan fingerprint density at radius 2 is 2.50 bits per heavy atom. The molecule has 5 heteroatoms. The topological polar surface area (TPSA) is 29.5 Å². The minimum atomic E-state index is 0.0746. The molecule has 0 bridgehead atoms. The number of ether oxygens (including phenoxy) is 1. The van der Waals surface area contributed by atoms with Crippen LogP contribution in [0.5, 0.6) is 0 Å². The van der Waals surface area contributed by atoms with Crippen LogP contribution in [0.25, 0.3) is 0 Å². The molecule has 0 spiro atoms. The summed E-state index contributed by atoms with van der Waals surface area (Å²) in [6.07, 6.45) is 1.95. The molecule has 0 aromatic heterocycles. The molecule has 0 aromatic rings. The second-order valence-electron chi connectivity index (χ2n) is 1.79. The monoisotopic (exact) mass is 179 g/mol. The molecule has 0 radical (unpaired) electrons. The highest BCUT2D eigenvalue weighted by atomic mass is 33.1. The van der Waals surface area contributed by atoms with Crippen LogP contribution in [0.3, 0.4) is 0 Å². The first-order valence-electron chi connectivity index (χ1n) is 2.93. The van der Waals surface area contributed by atoms with Crippen LogP contribution < -0.4 is 0 Å². The second kappa shape index (κ2) is 4.10. The largest absolute Gasteiger partial charge is 0.370 e. The van der Waals surface area contributed by atoms with E-state index in [1.54, 1.807) is 15.1 Å². The van der Waals surface area contributed by atoms with E-state index in [9.17, 15) is 4.79 Å². The Bertz CT molecular complexity index is 129. The Hall–Kier alpha value is 0.130. The molecule has 10 heavy (non-hydrogen) atoms. The molecule has 1 aliphatic heterocycles. The lowest BCUT2D eigenvalue weighted by atomic mass is 10.5. The van der Waals surface area contributed by atoms with Gasteiger partial charge in [-0.25, -0.2) is 0 Å². The highest BCUT2D eigenvalue weighted by molar-refractivity contribution is 8.75. The normalized spacial score (nSPS) is 19.7. The third kappa shape index (κ3) is 2.07. The summed E-state index contributed by atoms with van der Waals surface area (Å²) in [7, 11) is 3.06. The van der Waals surface area contributed by atoms with Gasteiger partial charge < -0.3 is 4.74 Å². The minimum Gasteiger partial charge on any atom is -0.370 e. The lowest BCUT2D eigenvalue weighted by Crippen LogP contribution is -2.36. The van der Waals surface area contributed by atoms with Crippen LogP contribution in [-0.2, 0) is 9.53 Å². The van der Waals surface area contributed by atoms with E-state index in [0.717, 1.165) is 0 Å². The van der Waals surface area contributed by atoms with Gasteiger partial charge in [-0.2, -0.15) is 0 Å². The number of hydrogen-bond donors (Lipinski definition) is 0. The predicted octanol–water partition coefficient (Wildman–Crippen LogP) is 0.771. The van der Waals surface area contributed by atoms with Crippen molar-refractivity contribution in [3.05, 3.63) is 0 Å². The van der Waals surface area contributed by atoms with E-state index in [1.807, 2.05) is 6.26 Å². The molecule has 0 unspecified atom stereocenters. The molecule has 1 saturated heterocycles. The maximum atomic E-state index is 11.0. The zero-order valence-corrected chi connectivity index (χ0v) is 7.33. The number of morpholine rings is 1. The molecule has 0 aliphatic carbocycles. The lowest BCUT2D eigenvalue weighted by molar-refractivity contribution is -0.135. The van der Waals surface area contributed by atoms with Crippen molar-refractivity contribution in [1.29, 1.82) is 0 Å². The number of carbonyl (C=O) groups is 1. The molecular weight excluding hydrogens is 170 g/mol. The van der Waals surface area contributed by atoms with Crippen molar-refractivity contribution in [3.63, 3.8) is 0 Å². The number of nitrogens with zero attached hydrogens (tertiary/aromatic N) is 1. The standard InChI is InChI=1S/C5H9NO2S2/c1-9-10-6-2-3-8-4-5(6)7/h2-4H2,1H3. The van der Waals surface area contributed by atoms with Gasteiger partial charge in [0.05, 0.1) is 13.2 Å². The van der Waals surface area contributed by atoms with Crippen molar-refractivity contribution in [2.24, 2.45) is 0 Å². The van der Waals surface area contributed by atoms with Crippen molar-refractivity contribution < 1.29 is 9.53 Å². The van der Waals surface area contributed by atoms with Gasteiger partial charge >= 0.3 is 0 Å². The molecular formula is C5H9NO2S2. The third-order valence-electron chi connectivity index (χ3n) is 1.11. The molecule has 1 rings (SSSR count). The first kappa shape index (κ1) is 8.23. The summed E-state index contributed by atoms with van der Waals surface area (Å²) < 4.78 is 6.67. The summed E-state index contributed by atoms with van der Waals surface area (Å²) in [5.41, 5.74) is 0. The predicted molar refractivity (Wildman–Crippen MR) is 43.6 cm³/mol. The summed E-state index contributed by atoms with van der Waals surface area (Å²) in [6.45, 7) is 1.62. The Balaban J connectivity index is 2.32. The van der Waals surface area contributed by atoms with Gasteiger partial charge in [0.15, 0.2) is 0 Å². The van der Waals surface area contributed by atoms with Crippen LogP contribution in [0.2, 0.25) is 0 Å². The lowest BCUT2D eigenvalue weighted by Gasteiger charge is -2.23. The fourth-order valence-corrected chi connectivity index (χ4v) is 2.15. The van der Waals surface area contributed by atoms with Crippen LogP contribution in [0.4, 0.5) is 0 Å². The van der Waals surface area contributed by atoms with E-state index in [-0.39, 0.29) is 12.5 Å². The van der Waals surface area contributed by atoms with Gasteiger partial charge in [0.2, 0.25) is 0 Å². The maximum absolute atomic E-state index is 11.0. The van der Waals surface area contributed by atoms with Gasteiger partial charge in [-0.05, 0) is 6.26 Å². The van der Waals surface area contributed by atoms with Gasteiger partial charge in [0.25, 0.3) is 5.91 Å². The fourth-order valence-electron chi connectivity index (χ4n) is 0.672. The Labute approximate surface area is 68.0 Å². The van der Waals surface area contributed by atoms with Gasteiger partial charge in [0, 0.05) is 11.0 Å². The van der Waals surface area contributed by atoms with Gasteiger partial charge in [-0.3, -0.25) is 9.10 Å². The SMILES string of the molecule is CSSN1CCOCC1=O. The molecule has 0 aromatic carbocycles. The van der Waals surface area contributed by atoms with Crippen LogP contribution in [0.1, 0.15) is 0 Å². The maximum Gasteiger partial charge on any atom is 0.259 e. The van der Waals surface area contributed by atoms with Crippen molar-refractivity contribution >= 4 is 27.7 Å². The van der Waals surface area contributed by atoms with E-state index in [0.29, 0.717) is 13.2 Å². The fraction of sp³-hybridized carbons (Fsp3) is 0.800. The molecule has 3 nitrogen and oxygen atoms in total. The summed E-state index contributed by atoms with van der Waals surface area (Å²) in [5, 5.41) is 0. The smallest absolute Gasteiger partial charge is 0.259 e. The molecule has 1 heterocycles. The van der Waals surface area contributed by atoms with Crippen LogP contribution in [0.15, 0.2) is 0 Å². The molecule has 0 atom stereocenters. The number of amides is 1. The van der Waals surface area contributed by atoms with Crippen molar-refractivity contribution in [1.82, 2.24) is 4.31 Å². The molecule has 1 aliphatic rings. The Morgan fingerprint density at radius 1 is 1.70 bits per heavy atom. The van der Waals surface area contributed by atoms with Crippen molar-refractivity contribution in [2.75, 3.05) is 26.0 Å². The number of rotatable bonds is 2. The van der Waals surface area contributed by atoms with Crippen LogP contribution in [-0.4, -0.2) is 36.2 Å². The molecule has 1 amide bonds. The van der Waals surface area contributed by atoms with E-state index < -0.39 is 0 Å². The zero-order valence-electron chi connectivity index (χ0n) is 5.70. The molecule has 1 fully saturated rings. The van der Waals surface area contributed by atoms with Crippen LogP contribution >= 0.6 is 21.8 Å². The highest BCUT2D eigenvalue weighted by Crippen LogP contribution is 2.23. The second-order valence-corrected chi connectivity index (χ2v) is 4.16. The van der Waals surface area contributed by atoms with Crippen molar-refractivity contribution in [3.8, 4) is 0 Å². The summed E-state index contributed by atoms with van der Waals surface area (Å²) in [4.78, 5) is 11.0. The molecule has 0 saturated carbocycles. The first-order valence-corrected chi connectivity index (χ1v) is 5.45. The minimum absolute atomic E-state index is 0.0746. The summed E-state index contributed by atoms with van der Waals surface area (Å²) >= 11 is 0. The quantitative estimate of drug-likeness (QED) is 0.462. The number of carbonyl (C=O) groups excluding carboxylic acids is 1. The average molecular weight is 179 g/mol. The highest BCUT2D eigenvalue weighted by Gasteiger charge is 2.18. The molecule has 58 valence electrons. The van der Waals surface area contributed by atoms with Gasteiger partial charge in [0.1, 0.15) is 6.61 Å². The average Bonchev–Trinajstić information content (AvgIpc) is 1.94. The van der Waals surface area contributed by atoms with E-state index >= 15 is 0 Å². The van der Waals surface area contributed by atoms with E-state index in [4.69, 9.17) is 4.74 Å². The van der Waals surface area contributed by atoms with E-state index in [1.165, 1.54) is 11.0 Å². The number of hydrogen-bond acceptors (Lipinski definition) is 4. The summed E-state index contributed by atoms with van der Waals surface area (Å²) in [6, 6.07) is 0. The molecule has 0 N–H and O–H groups in total. The Kier molecular flexibility index (Phi) is 3.37. The van der Waals surface area contributed by atoms with Gasteiger partial charge in [-0.1, -0.05) is 10.8 Å². The van der Waals surface area contributed by atoms with Crippen molar-refractivity contribution in [2.45, 2.75) is 0 Å². The van der Waals surface area contributed by atoms with Gasteiger partial charge in [-0.15, -0.1) is 0 Å².